The Balaban J connectivity index is 1.96. The van der Waals surface area contributed by atoms with Crippen LogP contribution in [0.2, 0.25) is 0 Å². The van der Waals surface area contributed by atoms with Crippen LogP contribution in [0.15, 0.2) is 36.4 Å². The third kappa shape index (κ3) is 2.72. The molecule has 0 radical (unpaired) electrons. The van der Waals surface area contributed by atoms with Crippen molar-refractivity contribution in [2.24, 2.45) is 5.73 Å². The molecule has 1 heterocycles. The number of fused-ring (bicyclic) bond motifs is 1. The highest BCUT2D eigenvalue weighted by atomic mass is 19.1. The number of rotatable bonds is 3. The molecule has 1 aliphatic rings. The summed E-state index contributed by atoms with van der Waals surface area (Å²) in [4.78, 5) is 0. The first kappa shape index (κ1) is 13.9. The van der Waals surface area contributed by atoms with Crippen LogP contribution in [0, 0.1) is 5.82 Å². The predicted octanol–water partition coefficient (Wildman–Crippen LogP) is 3.79. The molecule has 0 saturated heterocycles. The van der Waals surface area contributed by atoms with Gasteiger partial charge in [0, 0.05) is 24.1 Å². The van der Waals surface area contributed by atoms with Gasteiger partial charge in [0.15, 0.2) is 11.5 Å². The third-order valence-electron chi connectivity index (χ3n) is 3.52. The van der Waals surface area contributed by atoms with E-state index in [0.717, 1.165) is 17.7 Å². The Morgan fingerprint density at radius 2 is 2.05 bits per heavy atom. The maximum Gasteiger partial charge on any atom is 0.169 e. The Morgan fingerprint density at radius 3 is 2.81 bits per heavy atom. The number of hydrogen-bond donors (Lipinski definition) is 1. The number of nitrogens with two attached hydrogens (primary N) is 1. The van der Waals surface area contributed by atoms with Crippen molar-refractivity contribution in [1.82, 2.24) is 0 Å². The first-order valence-corrected chi connectivity index (χ1v) is 6.96. The molecule has 0 unspecified atom stereocenters. The van der Waals surface area contributed by atoms with Crippen molar-refractivity contribution in [2.45, 2.75) is 32.4 Å². The van der Waals surface area contributed by atoms with Gasteiger partial charge in [0.25, 0.3) is 0 Å². The molecule has 0 aromatic heterocycles. The van der Waals surface area contributed by atoms with Crippen LogP contribution in [0.25, 0.3) is 0 Å². The van der Waals surface area contributed by atoms with Crippen molar-refractivity contribution in [3.63, 3.8) is 0 Å². The van der Waals surface area contributed by atoms with Gasteiger partial charge in [-0.05, 0) is 38.1 Å². The average Bonchev–Trinajstić information content (AvgIpc) is 2.75. The lowest BCUT2D eigenvalue weighted by atomic mass is 10.0. The first-order valence-electron chi connectivity index (χ1n) is 6.96. The molecule has 2 aromatic carbocycles. The normalized spacial score (nSPS) is 15.4. The zero-order valence-corrected chi connectivity index (χ0v) is 12.2. The molecule has 0 amide bonds. The number of hydrogen-bond acceptors (Lipinski definition) is 3. The lowest BCUT2D eigenvalue weighted by Crippen LogP contribution is -2.24. The number of ether oxygens (including phenoxy) is 2. The SMILES string of the molecule is CC1(C)Cc2cccc(Oc3ccc(F)cc3CN)c2O1. The average molecular weight is 287 g/mol. The summed E-state index contributed by atoms with van der Waals surface area (Å²) < 4.78 is 25.1. The zero-order chi connectivity index (χ0) is 15.0. The molecule has 110 valence electrons. The minimum Gasteiger partial charge on any atom is -0.483 e. The summed E-state index contributed by atoms with van der Waals surface area (Å²) in [5, 5.41) is 0. The van der Waals surface area contributed by atoms with E-state index in [4.69, 9.17) is 15.2 Å². The second-order valence-electron chi connectivity index (χ2n) is 5.84. The van der Waals surface area contributed by atoms with E-state index in [-0.39, 0.29) is 18.0 Å². The topological polar surface area (TPSA) is 44.5 Å². The highest BCUT2D eigenvalue weighted by Gasteiger charge is 2.32. The van der Waals surface area contributed by atoms with Gasteiger partial charge >= 0.3 is 0 Å². The Bertz CT molecular complexity index is 682. The monoisotopic (exact) mass is 287 g/mol. The molecule has 1 aliphatic heterocycles. The molecule has 0 saturated carbocycles. The van der Waals surface area contributed by atoms with Crippen molar-refractivity contribution < 1.29 is 13.9 Å². The fraction of sp³-hybridized carbons (Fsp3) is 0.294. The van der Waals surface area contributed by atoms with E-state index in [1.807, 2.05) is 32.0 Å². The molecular formula is C17H18FNO2. The standard InChI is InChI=1S/C17H18FNO2/c1-17(2)9-11-4-3-5-15(16(11)21-17)20-14-7-6-13(18)8-12(14)10-19/h3-8H,9-10,19H2,1-2H3. The van der Waals surface area contributed by atoms with Gasteiger partial charge in [0.1, 0.15) is 17.2 Å². The van der Waals surface area contributed by atoms with Crippen molar-refractivity contribution in [3.8, 4) is 17.2 Å². The van der Waals surface area contributed by atoms with Crippen LogP contribution in [0.3, 0.4) is 0 Å². The molecular weight excluding hydrogens is 269 g/mol. The fourth-order valence-electron chi connectivity index (χ4n) is 2.59. The van der Waals surface area contributed by atoms with Crippen LogP contribution < -0.4 is 15.2 Å². The van der Waals surface area contributed by atoms with E-state index in [1.54, 1.807) is 6.07 Å². The van der Waals surface area contributed by atoms with Crippen molar-refractivity contribution in [3.05, 3.63) is 53.3 Å². The predicted molar refractivity (Wildman–Crippen MR) is 79.2 cm³/mol. The van der Waals surface area contributed by atoms with E-state index < -0.39 is 0 Å². The van der Waals surface area contributed by atoms with Crippen molar-refractivity contribution >= 4 is 0 Å². The molecule has 21 heavy (non-hydrogen) atoms. The van der Waals surface area contributed by atoms with E-state index in [9.17, 15) is 4.39 Å². The Hall–Kier alpha value is -2.07. The number of halogens is 1. The van der Waals surface area contributed by atoms with Crippen LogP contribution >= 0.6 is 0 Å². The Morgan fingerprint density at radius 1 is 1.24 bits per heavy atom. The van der Waals surface area contributed by atoms with E-state index in [2.05, 4.69) is 0 Å². The highest BCUT2D eigenvalue weighted by Crippen LogP contribution is 2.43. The second-order valence-corrected chi connectivity index (χ2v) is 5.84. The quantitative estimate of drug-likeness (QED) is 0.934. The van der Waals surface area contributed by atoms with Gasteiger partial charge in [-0.2, -0.15) is 0 Å². The maximum atomic E-state index is 13.3. The maximum absolute atomic E-state index is 13.3. The molecule has 0 bridgehead atoms. The van der Waals surface area contributed by atoms with Gasteiger partial charge in [-0.15, -0.1) is 0 Å². The zero-order valence-electron chi connectivity index (χ0n) is 12.2. The van der Waals surface area contributed by atoms with Gasteiger partial charge in [-0.1, -0.05) is 12.1 Å². The van der Waals surface area contributed by atoms with Crippen LogP contribution in [-0.4, -0.2) is 5.60 Å². The molecule has 0 fully saturated rings. The molecule has 2 aromatic rings. The molecule has 0 spiro atoms. The summed E-state index contributed by atoms with van der Waals surface area (Å²) in [5.41, 5.74) is 7.17. The fourth-order valence-corrected chi connectivity index (χ4v) is 2.59. The molecule has 3 rings (SSSR count). The van der Waals surface area contributed by atoms with Crippen LogP contribution in [0.5, 0.6) is 17.2 Å². The van der Waals surface area contributed by atoms with E-state index in [0.29, 0.717) is 17.1 Å². The largest absolute Gasteiger partial charge is 0.483 e. The van der Waals surface area contributed by atoms with E-state index in [1.165, 1.54) is 12.1 Å². The molecule has 2 N–H and O–H groups in total. The van der Waals surface area contributed by atoms with Gasteiger partial charge < -0.3 is 15.2 Å². The third-order valence-corrected chi connectivity index (χ3v) is 3.52. The van der Waals surface area contributed by atoms with Gasteiger partial charge in [-0.3, -0.25) is 0 Å². The summed E-state index contributed by atoms with van der Waals surface area (Å²) in [5.74, 6) is 1.63. The molecule has 0 atom stereocenters. The van der Waals surface area contributed by atoms with Crippen LogP contribution in [-0.2, 0) is 13.0 Å². The minimum atomic E-state index is -0.321. The number of benzene rings is 2. The lowest BCUT2D eigenvalue weighted by Gasteiger charge is -2.18. The van der Waals surface area contributed by atoms with E-state index >= 15 is 0 Å². The smallest absolute Gasteiger partial charge is 0.169 e. The Labute approximate surface area is 123 Å². The molecule has 4 heteroatoms. The molecule has 3 nitrogen and oxygen atoms in total. The lowest BCUT2D eigenvalue weighted by molar-refractivity contribution is 0.135. The van der Waals surface area contributed by atoms with Gasteiger partial charge in [0.2, 0.25) is 0 Å². The number of para-hydroxylation sites is 1. The Kier molecular flexibility index (Phi) is 3.33. The summed E-state index contributed by atoms with van der Waals surface area (Å²) in [6.07, 6.45) is 0.840. The summed E-state index contributed by atoms with van der Waals surface area (Å²) in [6, 6.07) is 10.2. The first-order chi connectivity index (χ1) is 9.98. The summed E-state index contributed by atoms with van der Waals surface area (Å²) in [6.45, 7) is 4.30. The van der Waals surface area contributed by atoms with Crippen molar-refractivity contribution in [1.29, 1.82) is 0 Å². The van der Waals surface area contributed by atoms with Crippen LogP contribution in [0.1, 0.15) is 25.0 Å². The van der Waals surface area contributed by atoms with Gasteiger partial charge in [0.05, 0.1) is 0 Å². The summed E-state index contributed by atoms with van der Waals surface area (Å²) >= 11 is 0. The highest BCUT2D eigenvalue weighted by molar-refractivity contribution is 5.52. The summed E-state index contributed by atoms with van der Waals surface area (Å²) in [7, 11) is 0. The molecule has 0 aliphatic carbocycles. The van der Waals surface area contributed by atoms with Crippen molar-refractivity contribution in [2.75, 3.05) is 0 Å². The minimum absolute atomic E-state index is 0.217. The second kappa shape index (κ2) is 5.04. The van der Waals surface area contributed by atoms with Crippen LogP contribution in [0.4, 0.5) is 4.39 Å². The van der Waals surface area contributed by atoms with Gasteiger partial charge in [-0.25, -0.2) is 4.39 Å².